The van der Waals surface area contributed by atoms with Crippen molar-refractivity contribution in [1.29, 1.82) is 0 Å². The largest absolute Gasteiger partial charge is 0.478 e. The van der Waals surface area contributed by atoms with Crippen LogP contribution in [0.5, 0.6) is 5.75 Å². The minimum atomic E-state index is -0.306. The second kappa shape index (κ2) is 7.71. The van der Waals surface area contributed by atoms with E-state index in [0.717, 1.165) is 12.1 Å². The van der Waals surface area contributed by atoms with Crippen LogP contribution < -0.4 is 10.1 Å². The summed E-state index contributed by atoms with van der Waals surface area (Å²) < 4.78 is 6.21. The first-order valence-electron chi connectivity index (χ1n) is 11.0. The number of ketones is 2. The fraction of sp³-hybridized carbons (Fsp3) is 0.107. The SMILES string of the molecule is O=C1c2ccccc2C(=O)c2c3c(cc(NCCc4ccccc4)c21)OC1C=CC=CC1=N3. The van der Waals surface area contributed by atoms with Crippen LogP contribution in [0.3, 0.4) is 0 Å². The number of benzene rings is 3. The van der Waals surface area contributed by atoms with Gasteiger partial charge in [-0.25, -0.2) is 4.99 Å². The first-order valence-corrected chi connectivity index (χ1v) is 11.0. The molecule has 1 N–H and O–H groups in total. The van der Waals surface area contributed by atoms with Crippen molar-refractivity contribution < 1.29 is 14.3 Å². The zero-order valence-corrected chi connectivity index (χ0v) is 17.7. The van der Waals surface area contributed by atoms with Gasteiger partial charge in [-0.05, 0) is 24.1 Å². The molecule has 5 heteroatoms. The number of nitrogens with zero attached hydrogens (tertiary/aromatic N) is 1. The molecule has 0 spiro atoms. The third-order valence-corrected chi connectivity index (χ3v) is 6.16. The molecule has 0 saturated heterocycles. The molecule has 0 bridgehead atoms. The van der Waals surface area contributed by atoms with Gasteiger partial charge in [0, 0.05) is 29.4 Å². The third kappa shape index (κ3) is 3.21. The van der Waals surface area contributed by atoms with Gasteiger partial charge in [0.05, 0.1) is 16.8 Å². The number of aliphatic imine (C=N–C) groups is 1. The van der Waals surface area contributed by atoms with Gasteiger partial charge in [-0.2, -0.15) is 0 Å². The van der Waals surface area contributed by atoms with E-state index in [1.807, 2.05) is 48.6 Å². The molecule has 1 unspecified atom stereocenters. The van der Waals surface area contributed by atoms with Gasteiger partial charge in [0.25, 0.3) is 0 Å². The summed E-state index contributed by atoms with van der Waals surface area (Å²) in [6.45, 7) is 0.610. The summed E-state index contributed by atoms with van der Waals surface area (Å²) in [5, 5.41) is 3.39. The van der Waals surface area contributed by atoms with Crippen LogP contribution in [0.25, 0.3) is 0 Å². The highest BCUT2D eigenvalue weighted by Crippen LogP contribution is 2.46. The zero-order valence-electron chi connectivity index (χ0n) is 17.7. The summed E-state index contributed by atoms with van der Waals surface area (Å²) in [4.78, 5) is 31.9. The van der Waals surface area contributed by atoms with Crippen LogP contribution in [0, 0.1) is 0 Å². The second-order valence-electron chi connectivity index (χ2n) is 8.21. The second-order valence-corrected chi connectivity index (χ2v) is 8.21. The average Bonchev–Trinajstić information content (AvgIpc) is 2.86. The lowest BCUT2D eigenvalue weighted by molar-refractivity contribution is 0.0979. The Kier molecular flexibility index (Phi) is 4.54. The molecule has 160 valence electrons. The van der Waals surface area contributed by atoms with Crippen LogP contribution in [0.2, 0.25) is 0 Å². The zero-order chi connectivity index (χ0) is 22.4. The Bertz CT molecular complexity index is 1400. The summed E-state index contributed by atoms with van der Waals surface area (Å²) in [6.07, 6.45) is 8.07. The van der Waals surface area contributed by atoms with Crippen LogP contribution in [-0.2, 0) is 6.42 Å². The van der Waals surface area contributed by atoms with E-state index in [0.29, 0.717) is 45.9 Å². The maximum absolute atomic E-state index is 13.6. The number of carbonyl (C=O) groups is 2. The molecule has 0 aromatic heterocycles. The number of ether oxygens (including phenoxy) is 1. The Labute approximate surface area is 191 Å². The molecular weight excluding hydrogens is 412 g/mol. The van der Waals surface area contributed by atoms with Gasteiger partial charge in [-0.1, -0.05) is 66.7 Å². The smallest absolute Gasteiger partial charge is 0.196 e. The van der Waals surface area contributed by atoms with Crippen molar-refractivity contribution >= 4 is 28.7 Å². The average molecular weight is 432 g/mol. The number of fused-ring (bicyclic) bond motifs is 5. The van der Waals surface area contributed by atoms with Crippen molar-refractivity contribution in [1.82, 2.24) is 0 Å². The lowest BCUT2D eigenvalue weighted by atomic mass is 9.81. The minimum Gasteiger partial charge on any atom is -0.478 e. The quantitative estimate of drug-likeness (QED) is 0.489. The van der Waals surface area contributed by atoms with Crippen molar-refractivity contribution in [2.24, 2.45) is 4.99 Å². The first kappa shape index (κ1) is 19.4. The number of rotatable bonds is 4. The number of hydrogen-bond acceptors (Lipinski definition) is 5. The molecule has 3 aromatic rings. The number of anilines is 1. The van der Waals surface area contributed by atoms with Crippen LogP contribution >= 0.6 is 0 Å². The topological polar surface area (TPSA) is 67.8 Å². The lowest BCUT2D eigenvalue weighted by Gasteiger charge is -2.29. The number of carbonyl (C=O) groups excluding carboxylic acids is 2. The van der Waals surface area contributed by atoms with E-state index in [2.05, 4.69) is 17.4 Å². The van der Waals surface area contributed by atoms with Crippen LogP contribution in [0.1, 0.15) is 37.4 Å². The molecular formula is C28H20N2O3. The fourth-order valence-corrected chi connectivity index (χ4v) is 4.56. The van der Waals surface area contributed by atoms with Crippen molar-refractivity contribution in [3.63, 3.8) is 0 Å². The summed E-state index contributed by atoms with van der Waals surface area (Å²) in [6, 6.07) is 18.9. The molecule has 33 heavy (non-hydrogen) atoms. The molecule has 0 radical (unpaired) electrons. The molecule has 5 nitrogen and oxygen atoms in total. The molecule has 6 rings (SSSR count). The van der Waals surface area contributed by atoms with Crippen molar-refractivity contribution in [3.8, 4) is 5.75 Å². The summed E-state index contributed by atoms with van der Waals surface area (Å²) in [7, 11) is 0. The highest BCUT2D eigenvalue weighted by molar-refractivity contribution is 6.32. The highest BCUT2D eigenvalue weighted by Gasteiger charge is 2.37. The summed E-state index contributed by atoms with van der Waals surface area (Å²) in [5.41, 5.74) is 4.44. The molecule has 3 aromatic carbocycles. The van der Waals surface area contributed by atoms with Crippen LogP contribution in [-0.4, -0.2) is 29.9 Å². The monoisotopic (exact) mass is 432 g/mol. The predicted molar refractivity (Wildman–Crippen MR) is 128 cm³/mol. The number of allylic oxidation sites excluding steroid dienone is 2. The van der Waals surface area contributed by atoms with Gasteiger partial charge < -0.3 is 10.1 Å². The molecule has 1 aliphatic heterocycles. The van der Waals surface area contributed by atoms with Crippen molar-refractivity contribution in [2.45, 2.75) is 12.5 Å². The number of nitrogens with one attached hydrogen (secondary N) is 1. The van der Waals surface area contributed by atoms with Gasteiger partial charge >= 0.3 is 0 Å². The molecule has 0 saturated carbocycles. The third-order valence-electron chi connectivity index (χ3n) is 6.16. The highest BCUT2D eigenvalue weighted by atomic mass is 16.5. The Hall–Kier alpha value is -4.25. The number of hydrogen-bond donors (Lipinski definition) is 1. The minimum absolute atomic E-state index is 0.174. The molecule has 1 heterocycles. The van der Waals surface area contributed by atoms with E-state index < -0.39 is 0 Å². The van der Waals surface area contributed by atoms with Crippen molar-refractivity contribution in [2.75, 3.05) is 11.9 Å². The molecule has 2 aliphatic carbocycles. The molecule has 0 amide bonds. The van der Waals surface area contributed by atoms with Gasteiger partial charge in [0.1, 0.15) is 11.4 Å². The van der Waals surface area contributed by atoms with E-state index >= 15 is 0 Å². The lowest BCUT2D eigenvalue weighted by Crippen LogP contribution is -2.30. The van der Waals surface area contributed by atoms with E-state index in [9.17, 15) is 9.59 Å². The Morgan fingerprint density at radius 1 is 0.879 bits per heavy atom. The molecule has 3 aliphatic rings. The van der Waals surface area contributed by atoms with Gasteiger partial charge in [0.2, 0.25) is 0 Å². The van der Waals surface area contributed by atoms with Gasteiger partial charge in [-0.15, -0.1) is 0 Å². The van der Waals surface area contributed by atoms with E-state index in [-0.39, 0.29) is 17.7 Å². The maximum Gasteiger partial charge on any atom is 0.196 e. The Morgan fingerprint density at radius 3 is 2.39 bits per heavy atom. The van der Waals surface area contributed by atoms with E-state index in [1.165, 1.54) is 5.56 Å². The Balaban J connectivity index is 1.47. The van der Waals surface area contributed by atoms with Gasteiger partial charge in [-0.3, -0.25) is 9.59 Å². The van der Waals surface area contributed by atoms with E-state index in [4.69, 9.17) is 9.73 Å². The first-order chi connectivity index (χ1) is 16.2. The maximum atomic E-state index is 13.6. The summed E-state index contributed by atoms with van der Waals surface area (Å²) in [5.74, 6) is 0.127. The summed E-state index contributed by atoms with van der Waals surface area (Å²) >= 11 is 0. The fourth-order valence-electron chi connectivity index (χ4n) is 4.56. The molecule has 1 atom stereocenters. The normalized spacial score (nSPS) is 17.3. The standard InChI is InChI=1S/C28H20N2O3/c31-27-18-10-4-5-11-19(18)28(32)25-24(27)21(29-15-14-17-8-2-1-3-9-17)16-23-26(25)30-20-12-6-7-13-22(20)33-23/h1-13,16,22,29H,14-15H2. The van der Waals surface area contributed by atoms with E-state index in [1.54, 1.807) is 24.3 Å². The van der Waals surface area contributed by atoms with Gasteiger partial charge in [0.15, 0.2) is 17.7 Å². The van der Waals surface area contributed by atoms with Crippen LogP contribution in [0.15, 0.2) is 90.0 Å². The van der Waals surface area contributed by atoms with Crippen LogP contribution in [0.4, 0.5) is 11.4 Å². The molecule has 0 fully saturated rings. The van der Waals surface area contributed by atoms with Crippen molar-refractivity contribution in [3.05, 3.63) is 113 Å². The Morgan fingerprint density at radius 2 is 1.61 bits per heavy atom. The predicted octanol–water partition coefficient (Wildman–Crippen LogP) is 5.08.